The van der Waals surface area contributed by atoms with Crippen molar-refractivity contribution in [2.75, 3.05) is 25.2 Å². The first-order valence-electron chi connectivity index (χ1n) is 6.36. The van der Waals surface area contributed by atoms with E-state index in [0.717, 1.165) is 5.56 Å². The number of hydrogen-bond acceptors (Lipinski definition) is 5. The fraction of sp³-hybridized carbons (Fsp3) is 0.429. The predicted octanol–water partition coefficient (Wildman–Crippen LogP) is 2.55. The van der Waals surface area contributed by atoms with Gasteiger partial charge in [-0.1, -0.05) is 12.1 Å². The van der Waals surface area contributed by atoms with E-state index in [9.17, 15) is 9.59 Å². The van der Waals surface area contributed by atoms with E-state index in [1.54, 1.807) is 35.3 Å². The molecular weight excluding hydrogens is 294 g/mol. The van der Waals surface area contributed by atoms with Crippen molar-refractivity contribution >= 4 is 35.4 Å². The summed E-state index contributed by atoms with van der Waals surface area (Å²) in [5.74, 6) is 0.0463. The summed E-state index contributed by atoms with van der Waals surface area (Å²) >= 11 is 3.22. The van der Waals surface area contributed by atoms with Gasteiger partial charge in [0.1, 0.15) is 11.9 Å². The van der Waals surface area contributed by atoms with Crippen LogP contribution in [0.4, 0.5) is 0 Å². The molecule has 1 aliphatic rings. The summed E-state index contributed by atoms with van der Waals surface area (Å²) in [4.78, 5) is 26.3. The third-order valence-corrected chi connectivity index (χ3v) is 4.97. The Morgan fingerprint density at radius 1 is 1.45 bits per heavy atom. The summed E-state index contributed by atoms with van der Waals surface area (Å²) in [5, 5.41) is -0.0946. The van der Waals surface area contributed by atoms with Crippen molar-refractivity contribution in [3.05, 3.63) is 29.8 Å². The number of esters is 1. The Kier molecular flexibility index (Phi) is 5.37. The van der Waals surface area contributed by atoms with Crippen molar-refractivity contribution in [3.63, 3.8) is 0 Å². The van der Waals surface area contributed by atoms with Crippen LogP contribution in [-0.4, -0.2) is 41.9 Å². The van der Waals surface area contributed by atoms with E-state index in [1.807, 2.05) is 30.5 Å². The number of hydrogen-bond donors (Lipinski definition) is 0. The van der Waals surface area contributed by atoms with Crippen LogP contribution in [0.3, 0.4) is 0 Å². The Labute approximate surface area is 127 Å². The van der Waals surface area contributed by atoms with E-state index in [1.165, 1.54) is 4.90 Å². The highest BCUT2D eigenvalue weighted by atomic mass is 32.2. The first kappa shape index (κ1) is 15.3. The molecule has 1 heterocycles. The molecule has 4 nitrogen and oxygen atoms in total. The lowest BCUT2D eigenvalue weighted by Gasteiger charge is -2.23. The van der Waals surface area contributed by atoms with E-state index in [-0.39, 0.29) is 23.8 Å². The molecule has 0 bridgehead atoms. The maximum absolute atomic E-state index is 11.9. The monoisotopic (exact) mass is 311 g/mol. The molecule has 0 aliphatic carbocycles. The lowest BCUT2D eigenvalue weighted by molar-refractivity contribution is -0.148. The lowest BCUT2D eigenvalue weighted by Crippen LogP contribution is -2.34. The molecule has 0 saturated carbocycles. The van der Waals surface area contributed by atoms with Gasteiger partial charge in [-0.25, -0.2) is 0 Å². The zero-order valence-corrected chi connectivity index (χ0v) is 13.1. The van der Waals surface area contributed by atoms with Gasteiger partial charge < -0.3 is 9.64 Å². The van der Waals surface area contributed by atoms with E-state index in [4.69, 9.17) is 4.74 Å². The zero-order chi connectivity index (χ0) is 14.5. The molecule has 0 aromatic heterocycles. The number of nitrogens with zero attached hydrogens (tertiary/aromatic N) is 1. The Balaban J connectivity index is 2.12. The summed E-state index contributed by atoms with van der Waals surface area (Å²) in [7, 11) is 0. The molecule has 0 N–H and O–H groups in total. The minimum Gasteiger partial charge on any atom is -0.465 e. The number of ether oxygens (including phenoxy) is 1. The number of carbonyl (C=O) groups is 2. The van der Waals surface area contributed by atoms with Crippen LogP contribution in [0.15, 0.2) is 29.2 Å². The summed E-state index contributed by atoms with van der Waals surface area (Å²) < 4.78 is 4.93. The number of rotatable bonds is 5. The van der Waals surface area contributed by atoms with E-state index in [0.29, 0.717) is 12.4 Å². The maximum Gasteiger partial charge on any atom is 0.325 e. The number of carbonyl (C=O) groups excluding carboxylic acids is 2. The van der Waals surface area contributed by atoms with Crippen LogP contribution >= 0.6 is 23.5 Å². The Morgan fingerprint density at radius 3 is 2.75 bits per heavy atom. The standard InChI is InChI=1S/C14H17NO3S2/c1-3-18-13(17)8-15-12(16)9-20-14(15)10-4-6-11(19-2)7-5-10/h4-7,14H,3,8-9H2,1-2H3. The molecule has 0 radical (unpaired) electrons. The van der Waals surface area contributed by atoms with Crippen molar-refractivity contribution in [2.45, 2.75) is 17.2 Å². The summed E-state index contributed by atoms with van der Waals surface area (Å²) in [6, 6.07) is 8.10. The smallest absolute Gasteiger partial charge is 0.325 e. The molecular formula is C14H17NO3S2. The third-order valence-electron chi connectivity index (χ3n) is 2.97. The fourth-order valence-corrected chi connectivity index (χ4v) is 3.61. The van der Waals surface area contributed by atoms with Gasteiger partial charge >= 0.3 is 5.97 Å². The number of amides is 1. The third kappa shape index (κ3) is 3.49. The van der Waals surface area contributed by atoms with Crippen LogP contribution in [0, 0.1) is 0 Å². The van der Waals surface area contributed by atoms with Crippen LogP contribution in [0.5, 0.6) is 0 Å². The van der Waals surface area contributed by atoms with Gasteiger partial charge in [0.15, 0.2) is 0 Å². The molecule has 1 fully saturated rings. The molecule has 1 saturated heterocycles. The highest BCUT2D eigenvalue weighted by Gasteiger charge is 2.34. The van der Waals surface area contributed by atoms with E-state index < -0.39 is 0 Å². The molecule has 108 valence electrons. The maximum atomic E-state index is 11.9. The second-order valence-electron chi connectivity index (χ2n) is 4.26. The van der Waals surface area contributed by atoms with Crippen molar-refractivity contribution in [2.24, 2.45) is 0 Å². The largest absolute Gasteiger partial charge is 0.465 e. The van der Waals surface area contributed by atoms with Crippen molar-refractivity contribution in [3.8, 4) is 0 Å². The van der Waals surface area contributed by atoms with Gasteiger partial charge in [-0.05, 0) is 30.9 Å². The molecule has 2 rings (SSSR count). The minimum atomic E-state index is -0.353. The second-order valence-corrected chi connectivity index (χ2v) is 6.21. The predicted molar refractivity (Wildman–Crippen MR) is 81.8 cm³/mol. The fourth-order valence-electron chi connectivity index (χ4n) is 2.02. The Hall–Kier alpha value is -1.14. The normalized spacial score (nSPS) is 18.4. The highest BCUT2D eigenvalue weighted by Crippen LogP contribution is 2.38. The van der Waals surface area contributed by atoms with Gasteiger partial charge in [0.25, 0.3) is 0 Å². The van der Waals surface area contributed by atoms with Crippen LogP contribution in [0.1, 0.15) is 17.9 Å². The average Bonchev–Trinajstić information content (AvgIpc) is 2.81. The molecule has 1 unspecified atom stereocenters. The second kappa shape index (κ2) is 7.04. The molecule has 0 spiro atoms. The first-order chi connectivity index (χ1) is 9.65. The molecule has 1 aliphatic heterocycles. The van der Waals surface area contributed by atoms with Crippen molar-refractivity contribution in [1.29, 1.82) is 0 Å². The van der Waals surface area contributed by atoms with Gasteiger partial charge in [-0.15, -0.1) is 23.5 Å². The Morgan fingerprint density at radius 2 is 2.15 bits per heavy atom. The molecule has 1 aromatic carbocycles. The molecule has 1 atom stereocenters. The minimum absolute atomic E-state index is 0.0120. The zero-order valence-electron chi connectivity index (χ0n) is 11.5. The van der Waals surface area contributed by atoms with Gasteiger partial charge in [0, 0.05) is 4.90 Å². The molecule has 1 amide bonds. The van der Waals surface area contributed by atoms with Crippen molar-refractivity contribution < 1.29 is 14.3 Å². The highest BCUT2D eigenvalue weighted by molar-refractivity contribution is 8.00. The van der Waals surface area contributed by atoms with Crippen LogP contribution in [0.25, 0.3) is 0 Å². The van der Waals surface area contributed by atoms with Gasteiger partial charge in [0.2, 0.25) is 5.91 Å². The summed E-state index contributed by atoms with van der Waals surface area (Å²) in [6.07, 6.45) is 2.02. The first-order valence-corrected chi connectivity index (χ1v) is 8.63. The summed E-state index contributed by atoms with van der Waals surface area (Å²) in [6.45, 7) is 2.12. The molecule has 6 heteroatoms. The number of benzene rings is 1. The lowest BCUT2D eigenvalue weighted by atomic mass is 10.2. The SMILES string of the molecule is CCOC(=O)CN1C(=O)CSC1c1ccc(SC)cc1. The van der Waals surface area contributed by atoms with Gasteiger partial charge in [-0.3, -0.25) is 9.59 Å². The Bertz CT molecular complexity index is 490. The quantitative estimate of drug-likeness (QED) is 0.618. The van der Waals surface area contributed by atoms with Crippen molar-refractivity contribution in [1.82, 2.24) is 4.90 Å². The molecule has 1 aromatic rings. The van der Waals surface area contributed by atoms with E-state index >= 15 is 0 Å². The number of thioether (sulfide) groups is 2. The van der Waals surface area contributed by atoms with Gasteiger partial charge in [-0.2, -0.15) is 0 Å². The van der Waals surface area contributed by atoms with Crippen LogP contribution in [0.2, 0.25) is 0 Å². The summed E-state index contributed by atoms with van der Waals surface area (Å²) in [5.41, 5.74) is 1.04. The molecule has 20 heavy (non-hydrogen) atoms. The van der Waals surface area contributed by atoms with Crippen LogP contribution < -0.4 is 0 Å². The topological polar surface area (TPSA) is 46.6 Å². The van der Waals surface area contributed by atoms with Crippen LogP contribution in [-0.2, 0) is 14.3 Å². The average molecular weight is 311 g/mol. The van der Waals surface area contributed by atoms with Gasteiger partial charge in [0.05, 0.1) is 12.4 Å². The van der Waals surface area contributed by atoms with E-state index in [2.05, 4.69) is 0 Å².